The van der Waals surface area contributed by atoms with Gasteiger partial charge in [-0.25, -0.2) is 0 Å². The zero-order valence-corrected chi connectivity index (χ0v) is 8.65. The van der Waals surface area contributed by atoms with Gasteiger partial charge in [0, 0.05) is 13.1 Å². The lowest BCUT2D eigenvalue weighted by Gasteiger charge is -2.31. The van der Waals surface area contributed by atoms with Crippen LogP contribution in [0.15, 0.2) is 0 Å². The summed E-state index contributed by atoms with van der Waals surface area (Å²) in [6.45, 7) is 4.00. The maximum Gasteiger partial charge on any atom is 0.325 e. The molecule has 0 spiro atoms. The second-order valence-electron chi connectivity index (χ2n) is 3.36. The first-order valence-electron chi connectivity index (χ1n) is 4.75. The summed E-state index contributed by atoms with van der Waals surface area (Å²) in [5, 5.41) is 0. The molecule has 1 heterocycles. The number of carbonyl (C=O) groups excluding carboxylic acids is 2. The van der Waals surface area contributed by atoms with Crippen LogP contribution in [-0.2, 0) is 14.3 Å². The van der Waals surface area contributed by atoms with Crippen molar-refractivity contribution in [3.8, 4) is 0 Å². The van der Waals surface area contributed by atoms with Crippen LogP contribution in [0.5, 0.6) is 0 Å². The highest BCUT2D eigenvalue weighted by molar-refractivity contribution is 5.83. The van der Waals surface area contributed by atoms with Crippen molar-refractivity contribution in [1.82, 2.24) is 9.80 Å². The third kappa shape index (κ3) is 2.99. The summed E-state index contributed by atoms with van der Waals surface area (Å²) < 4.78 is 4.77. The van der Waals surface area contributed by atoms with Crippen LogP contribution in [-0.4, -0.2) is 61.5 Å². The molecule has 0 bridgehead atoms. The molecule has 1 aliphatic heterocycles. The van der Waals surface area contributed by atoms with Gasteiger partial charge in [0.25, 0.3) is 0 Å². The van der Waals surface area contributed by atoms with Crippen LogP contribution < -0.4 is 0 Å². The van der Waals surface area contributed by atoms with E-state index in [1.165, 1.54) is 4.90 Å². The summed E-state index contributed by atoms with van der Waals surface area (Å²) in [4.78, 5) is 26.0. The molecule has 0 N–H and O–H groups in total. The van der Waals surface area contributed by atoms with Gasteiger partial charge in [0.1, 0.15) is 6.54 Å². The number of rotatable bonds is 3. The standard InChI is InChI=1S/C9H16N2O3/c1-3-14-9(13)7-11-5-4-10(2)6-8(11)12/h3-7H2,1-2H3. The normalized spacial score (nSPS) is 18.4. The Labute approximate surface area is 83.6 Å². The van der Waals surface area contributed by atoms with Gasteiger partial charge >= 0.3 is 5.97 Å². The van der Waals surface area contributed by atoms with Crippen molar-refractivity contribution >= 4 is 11.9 Å². The van der Waals surface area contributed by atoms with Crippen molar-refractivity contribution in [2.45, 2.75) is 6.92 Å². The Morgan fingerprint density at radius 3 is 2.79 bits per heavy atom. The van der Waals surface area contributed by atoms with E-state index in [2.05, 4.69) is 0 Å². The summed E-state index contributed by atoms with van der Waals surface area (Å²) in [5.74, 6) is -0.336. The van der Waals surface area contributed by atoms with Crippen LogP contribution in [0.3, 0.4) is 0 Å². The molecule has 1 aliphatic rings. The van der Waals surface area contributed by atoms with Crippen molar-refractivity contribution in [3.63, 3.8) is 0 Å². The van der Waals surface area contributed by atoms with E-state index in [0.29, 0.717) is 19.7 Å². The molecule has 0 atom stereocenters. The van der Waals surface area contributed by atoms with E-state index < -0.39 is 0 Å². The van der Waals surface area contributed by atoms with Gasteiger partial charge < -0.3 is 9.64 Å². The lowest BCUT2D eigenvalue weighted by molar-refractivity contribution is -0.150. The van der Waals surface area contributed by atoms with Gasteiger partial charge in [0.15, 0.2) is 0 Å². The fourth-order valence-corrected chi connectivity index (χ4v) is 1.36. The van der Waals surface area contributed by atoms with Crippen molar-refractivity contribution in [2.75, 3.05) is 39.8 Å². The Morgan fingerprint density at radius 1 is 1.50 bits per heavy atom. The van der Waals surface area contributed by atoms with E-state index in [1.807, 2.05) is 11.9 Å². The molecule has 1 amide bonds. The molecule has 0 saturated carbocycles. The highest BCUT2D eigenvalue weighted by atomic mass is 16.5. The van der Waals surface area contributed by atoms with Crippen molar-refractivity contribution in [3.05, 3.63) is 0 Å². The van der Waals surface area contributed by atoms with E-state index in [4.69, 9.17) is 4.74 Å². The van der Waals surface area contributed by atoms with E-state index in [-0.39, 0.29) is 18.4 Å². The molecule has 0 aromatic rings. The van der Waals surface area contributed by atoms with Crippen LogP contribution in [0.2, 0.25) is 0 Å². The van der Waals surface area contributed by atoms with Crippen molar-refractivity contribution < 1.29 is 14.3 Å². The molecule has 0 unspecified atom stereocenters. The average molecular weight is 200 g/mol. The monoisotopic (exact) mass is 200 g/mol. The molecule has 1 saturated heterocycles. The highest BCUT2D eigenvalue weighted by Crippen LogP contribution is 2.00. The zero-order chi connectivity index (χ0) is 10.6. The van der Waals surface area contributed by atoms with Gasteiger partial charge in [-0.3, -0.25) is 14.5 Å². The number of ether oxygens (including phenoxy) is 1. The first-order valence-corrected chi connectivity index (χ1v) is 4.75. The number of esters is 1. The van der Waals surface area contributed by atoms with Crippen molar-refractivity contribution in [2.24, 2.45) is 0 Å². The summed E-state index contributed by atoms with van der Waals surface area (Å²) in [6.07, 6.45) is 0. The molecule has 5 heteroatoms. The Morgan fingerprint density at radius 2 is 2.21 bits per heavy atom. The Balaban J connectivity index is 2.37. The lowest BCUT2D eigenvalue weighted by atomic mass is 10.3. The van der Waals surface area contributed by atoms with Crippen LogP contribution in [0.1, 0.15) is 6.92 Å². The highest BCUT2D eigenvalue weighted by Gasteiger charge is 2.23. The third-order valence-electron chi connectivity index (χ3n) is 2.13. The first-order chi connectivity index (χ1) is 6.63. The predicted molar refractivity (Wildman–Crippen MR) is 50.7 cm³/mol. The minimum Gasteiger partial charge on any atom is -0.465 e. The number of hydrogen-bond donors (Lipinski definition) is 0. The molecule has 0 aromatic carbocycles. The predicted octanol–water partition coefficient (Wildman–Crippen LogP) is -0.676. The lowest BCUT2D eigenvalue weighted by Crippen LogP contribution is -2.50. The minimum absolute atomic E-state index is 0.00759. The zero-order valence-electron chi connectivity index (χ0n) is 8.65. The minimum atomic E-state index is -0.328. The smallest absolute Gasteiger partial charge is 0.325 e. The molecular formula is C9H16N2O3. The molecule has 1 rings (SSSR count). The summed E-state index contributed by atoms with van der Waals surface area (Å²) in [6, 6.07) is 0. The molecule has 5 nitrogen and oxygen atoms in total. The van der Waals surface area contributed by atoms with Gasteiger partial charge in [-0.1, -0.05) is 0 Å². The largest absolute Gasteiger partial charge is 0.465 e. The van der Waals surface area contributed by atoms with Crippen LogP contribution >= 0.6 is 0 Å². The van der Waals surface area contributed by atoms with Gasteiger partial charge in [-0.05, 0) is 14.0 Å². The van der Waals surface area contributed by atoms with Gasteiger partial charge in [-0.2, -0.15) is 0 Å². The maximum atomic E-state index is 11.4. The molecule has 1 fully saturated rings. The SMILES string of the molecule is CCOC(=O)CN1CCN(C)CC1=O. The molecule has 14 heavy (non-hydrogen) atoms. The van der Waals surface area contributed by atoms with Gasteiger partial charge in [0.2, 0.25) is 5.91 Å². The number of hydrogen-bond acceptors (Lipinski definition) is 4. The third-order valence-corrected chi connectivity index (χ3v) is 2.13. The fourth-order valence-electron chi connectivity index (χ4n) is 1.36. The number of likely N-dealkylation sites (N-methyl/N-ethyl adjacent to an activating group) is 1. The second kappa shape index (κ2) is 4.95. The van der Waals surface area contributed by atoms with Crippen LogP contribution in [0, 0.1) is 0 Å². The first kappa shape index (κ1) is 11.0. The Bertz CT molecular complexity index is 230. The molecule has 0 aliphatic carbocycles. The average Bonchev–Trinajstić information content (AvgIpc) is 2.10. The maximum absolute atomic E-state index is 11.4. The molecule has 0 aromatic heterocycles. The topological polar surface area (TPSA) is 49.9 Å². The number of amides is 1. The van der Waals surface area contributed by atoms with Crippen LogP contribution in [0.4, 0.5) is 0 Å². The van der Waals surface area contributed by atoms with Crippen molar-refractivity contribution in [1.29, 1.82) is 0 Å². The molecule has 80 valence electrons. The molecule has 0 radical (unpaired) electrons. The quantitative estimate of drug-likeness (QED) is 0.567. The fraction of sp³-hybridized carbons (Fsp3) is 0.778. The number of nitrogens with zero attached hydrogens (tertiary/aromatic N) is 2. The van der Waals surface area contributed by atoms with E-state index in [9.17, 15) is 9.59 Å². The van der Waals surface area contributed by atoms with Gasteiger partial charge in [-0.15, -0.1) is 0 Å². The van der Waals surface area contributed by atoms with Crippen LogP contribution in [0.25, 0.3) is 0 Å². The Hall–Kier alpha value is -1.10. The Kier molecular flexibility index (Phi) is 3.88. The van der Waals surface area contributed by atoms with Gasteiger partial charge in [0.05, 0.1) is 13.2 Å². The summed E-state index contributed by atoms with van der Waals surface area (Å²) >= 11 is 0. The second-order valence-corrected chi connectivity index (χ2v) is 3.36. The number of piperazine rings is 1. The summed E-state index contributed by atoms with van der Waals surface area (Å²) in [5.41, 5.74) is 0. The van der Waals surface area contributed by atoms with E-state index in [1.54, 1.807) is 6.92 Å². The van der Waals surface area contributed by atoms with E-state index >= 15 is 0 Å². The molecular weight excluding hydrogens is 184 g/mol. The number of carbonyl (C=O) groups is 2. The van der Waals surface area contributed by atoms with E-state index in [0.717, 1.165) is 6.54 Å². The summed E-state index contributed by atoms with van der Waals surface area (Å²) in [7, 11) is 1.89.